The molecule has 0 saturated carbocycles. The van der Waals surface area contributed by atoms with E-state index in [2.05, 4.69) is 10.6 Å². The molecular weight excluding hydrogens is 308 g/mol. The second kappa shape index (κ2) is 5.87. The van der Waals surface area contributed by atoms with E-state index < -0.39 is 0 Å². The number of carbonyl (C=O) groups excluding carboxylic acids is 2. The Hall–Kier alpha value is -1.85. The molecule has 0 saturated heterocycles. The van der Waals surface area contributed by atoms with Crippen LogP contribution in [0, 0.1) is 0 Å². The van der Waals surface area contributed by atoms with Gasteiger partial charge in [0.2, 0.25) is 5.91 Å². The standard InChI is InChI=1S/C15H13ClN2O2S/c16-13-5-3-11(21-13)4-6-14(19)18-10-2-1-9-8-17-15(20)12(9)7-10/h1-3,5,7H,4,6,8H2,(H,17,20)(H,18,19). The molecule has 4 nitrogen and oxygen atoms in total. The van der Waals surface area contributed by atoms with Gasteiger partial charge in [-0.1, -0.05) is 17.7 Å². The molecule has 0 bridgehead atoms. The molecule has 1 aromatic heterocycles. The molecule has 2 aromatic rings. The number of benzene rings is 1. The molecular formula is C15H13ClN2O2S. The Morgan fingerprint density at radius 2 is 2.19 bits per heavy atom. The van der Waals surface area contributed by atoms with Crippen molar-refractivity contribution in [3.63, 3.8) is 0 Å². The van der Waals surface area contributed by atoms with E-state index in [1.165, 1.54) is 11.3 Å². The van der Waals surface area contributed by atoms with Crippen molar-refractivity contribution in [3.05, 3.63) is 50.7 Å². The van der Waals surface area contributed by atoms with Crippen LogP contribution in [0.1, 0.15) is 27.2 Å². The van der Waals surface area contributed by atoms with Gasteiger partial charge in [0.1, 0.15) is 0 Å². The molecule has 0 radical (unpaired) electrons. The first-order valence-electron chi connectivity index (χ1n) is 6.57. The first-order chi connectivity index (χ1) is 10.1. The summed E-state index contributed by atoms with van der Waals surface area (Å²) in [7, 11) is 0. The largest absolute Gasteiger partial charge is 0.348 e. The molecule has 3 rings (SSSR count). The van der Waals surface area contributed by atoms with Crippen LogP contribution in [0.2, 0.25) is 4.34 Å². The predicted octanol–water partition coefficient (Wildman–Crippen LogP) is 3.22. The van der Waals surface area contributed by atoms with E-state index in [0.717, 1.165) is 14.8 Å². The van der Waals surface area contributed by atoms with Crippen molar-refractivity contribution in [3.8, 4) is 0 Å². The average Bonchev–Trinajstić information content (AvgIpc) is 3.04. The van der Waals surface area contributed by atoms with Crippen molar-refractivity contribution in [2.45, 2.75) is 19.4 Å². The zero-order chi connectivity index (χ0) is 14.8. The third-order valence-electron chi connectivity index (χ3n) is 3.30. The Morgan fingerprint density at radius 1 is 1.33 bits per heavy atom. The number of rotatable bonds is 4. The van der Waals surface area contributed by atoms with E-state index in [0.29, 0.717) is 30.6 Å². The molecule has 0 unspecified atom stereocenters. The topological polar surface area (TPSA) is 58.2 Å². The highest BCUT2D eigenvalue weighted by molar-refractivity contribution is 7.16. The van der Waals surface area contributed by atoms with Gasteiger partial charge in [0, 0.05) is 29.1 Å². The normalized spacial score (nSPS) is 12.9. The summed E-state index contributed by atoms with van der Waals surface area (Å²) in [5.74, 6) is -0.160. The molecule has 2 heterocycles. The lowest BCUT2D eigenvalue weighted by atomic mass is 10.1. The van der Waals surface area contributed by atoms with Crippen molar-refractivity contribution >= 4 is 40.4 Å². The first-order valence-corrected chi connectivity index (χ1v) is 7.76. The summed E-state index contributed by atoms with van der Waals surface area (Å²) in [4.78, 5) is 24.6. The smallest absolute Gasteiger partial charge is 0.251 e. The number of amides is 2. The number of fused-ring (bicyclic) bond motifs is 1. The van der Waals surface area contributed by atoms with Gasteiger partial charge in [-0.05, 0) is 36.2 Å². The van der Waals surface area contributed by atoms with Crippen LogP contribution in [0.3, 0.4) is 0 Å². The molecule has 0 spiro atoms. The van der Waals surface area contributed by atoms with Gasteiger partial charge in [0.15, 0.2) is 0 Å². The summed E-state index contributed by atoms with van der Waals surface area (Å²) in [6, 6.07) is 9.16. The molecule has 108 valence electrons. The SMILES string of the molecule is O=C(CCc1ccc(Cl)s1)Nc1ccc2c(c1)C(=O)NC2. The van der Waals surface area contributed by atoms with Crippen molar-refractivity contribution in [1.82, 2.24) is 5.32 Å². The zero-order valence-electron chi connectivity index (χ0n) is 11.1. The van der Waals surface area contributed by atoms with Crippen LogP contribution in [0.15, 0.2) is 30.3 Å². The molecule has 2 amide bonds. The van der Waals surface area contributed by atoms with Crippen molar-refractivity contribution < 1.29 is 9.59 Å². The van der Waals surface area contributed by atoms with Gasteiger partial charge in [-0.15, -0.1) is 11.3 Å². The number of nitrogens with one attached hydrogen (secondary N) is 2. The second-order valence-corrected chi connectivity index (χ2v) is 6.61. The van der Waals surface area contributed by atoms with Gasteiger partial charge < -0.3 is 10.6 Å². The van der Waals surface area contributed by atoms with E-state index in [4.69, 9.17) is 11.6 Å². The van der Waals surface area contributed by atoms with Crippen LogP contribution in [-0.4, -0.2) is 11.8 Å². The highest BCUT2D eigenvalue weighted by Crippen LogP contribution is 2.23. The lowest BCUT2D eigenvalue weighted by Crippen LogP contribution is -2.14. The van der Waals surface area contributed by atoms with E-state index in [-0.39, 0.29) is 11.8 Å². The van der Waals surface area contributed by atoms with E-state index >= 15 is 0 Å². The van der Waals surface area contributed by atoms with Crippen LogP contribution in [0.5, 0.6) is 0 Å². The van der Waals surface area contributed by atoms with Crippen LogP contribution in [0.4, 0.5) is 5.69 Å². The molecule has 1 aromatic carbocycles. The molecule has 0 atom stereocenters. The number of anilines is 1. The molecule has 6 heteroatoms. The summed E-state index contributed by atoms with van der Waals surface area (Å²) in [5, 5.41) is 5.57. The average molecular weight is 321 g/mol. The highest BCUT2D eigenvalue weighted by Gasteiger charge is 2.19. The lowest BCUT2D eigenvalue weighted by molar-refractivity contribution is -0.116. The molecule has 1 aliphatic heterocycles. The van der Waals surface area contributed by atoms with Crippen LogP contribution >= 0.6 is 22.9 Å². The van der Waals surface area contributed by atoms with Gasteiger partial charge in [0.05, 0.1) is 4.34 Å². The fourth-order valence-corrected chi connectivity index (χ4v) is 3.32. The number of hydrogen-bond donors (Lipinski definition) is 2. The fraction of sp³-hybridized carbons (Fsp3) is 0.200. The maximum Gasteiger partial charge on any atom is 0.251 e. The van der Waals surface area contributed by atoms with E-state index in [1.807, 2.05) is 24.3 Å². The fourth-order valence-electron chi connectivity index (χ4n) is 2.24. The summed E-state index contributed by atoms with van der Waals surface area (Å²) in [6.45, 7) is 0.557. The van der Waals surface area contributed by atoms with Crippen molar-refractivity contribution in [1.29, 1.82) is 0 Å². The lowest BCUT2D eigenvalue weighted by Gasteiger charge is -2.06. The monoisotopic (exact) mass is 320 g/mol. The summed E-state index contributed by atoms with van der Waals surface area (Å²) in [5.41, 5.74) is 2.25. The molecule has 1 aliphatic rings. The minimum atomic E-state index is -0.0886. The van der Waals surface area contributed by atoms with E-state index in [9.17, 15) is 9.59 Å². The van der Waals surface area contributed by atoms with Gasteiger partial charge >= 0.3 is 0 Å². The van der Waals surface area contributed by atoms with Gasteiger partial charge in [0.25, 0.3) is 5.91 Å². The minimum absolute atomic E-state index is 0.0714. The minimum Gasteiger partial charge on any atom is -0.348 e. The number of halogens is 1. The van der Waals surface area contributed by atoms with Crippen LogP contribution in [0.25, 0.3) is 0 Å². The Morgan fingerprint density at radius 3 is 2.95 bits per heavy atom. The van der Waals surface area contributed by atoms with Crippen molar-refractivity contribution in [2.24, 2.45) is 0 Å². The summed E-state index contributed by atoms with van der Waals surface area (Å²) in [6.07, 6.45) is 1.05. The Bertz CT molecular complexity index is 711. The van der Waals surface area contributed by atoms with Crippen LogP contribution in [-0.2, 0) is 17.8 Å². The maximum atomic E-state index is 11.9. The number of hydrogen-bond acceptors (Lipinski definition) is 3. The summed E-state index contributed by atoms with van der Waals surface area (Å²) >= 11 is 7.34. The van der Waals surface area contributed by atoms with Crippen molar-refractivity contribution in [2.75, 3.05) is 5.32 Å². The molecule has 21 heavy (non-hydrogen) atoms. The molecule has 0 fully saturated rings. The maximum absolute atomic E-state index is 11.9. The predicted molar refractivity (Wildman–Crippen MR) is 83.9 cm³/mol. The third kappa shape index (κ3) is 3.25. The second-order valence-electron chi connectivity index (χ2n) is 4.81. The Labute approximate surface area is 131 Å². The number of thiophene rings is 1. The van der Waals surface area contributed by atoms with Gasteiger partial charge in [-0.2, -0.15) is 0 Å². The van der Waals surface area contributed by atoms with Crippen LogP contribution < -0.4 is 10.6 Å². The molecule has 0 aliphatic carbocycles. The third-order valence-corrected chi connectivity index (χ3v) is 4.60. The van der Waals surface area contributed by atoms with Gasteiger partial charge in [-0.25, -0.2) is 0 Å². The highest BCUT2D eigenvalue weighted by atomic mass is 35.5. The zero-order valence-corrected chi connectivity index (χ0v) is 12.7. The Balaban J connectivity index is 1.60. The Kier molecular flexibility index (Phi) is 3.94. The number of carbonyl (C=O) groups is 2. The quantitative estimate of drug-likeness (QED) is 0.908. The number of aryl methyl sites for hydroxylation is 1. The van der Waals surface area contributed by atoms with Gasteiger partial charge in [-0.3, -0.25) is 9.59 Å². The first kappa shape index (κ1) is 14.1. The molecule has 2 N–H and O–H groups in total. The summed E-state index contributed by atoms with van der Waals surface area (Å²) < 4.78 is 0.732. The van der Waals surface area contributed by atoms with E-state index in [1.54, 1.807) is 6.07 Å².